The molecule has 26 heavy (non-hydrogen) atoms. The van der Waals surface area contributed by atoms with Crippen molar-refractivity contribution < 1.29 is 10.0 Å². The molecule has 0 saturated carbocycles. The number of benzene rings is 3. The first-order valence-electron chi connectivity index (χ1n) is 8.00. The molecule has 1 aromatic heterocycles. The number of nitro benzene ring substituents is 1. The van der Waals surface area contributed by atoms with Crippen LogP contribution >= 0.6 is 11.3 Å². The molecular weight excluding hydrogens is 348 g/mol. The largest absolute Gasteiger partial charge is 0.867 e. The van der Waals surface area contributed by atoms with Gasteiger partial charge in [0.2, 0.25) is 0 Å². The monoisotopic (exact) mass is 361 g/mol. The Kier molecular flexibility index (Phi) is 4.10. The van der Waals surface area contributed by atoms with Gasteiger partial charge in [-0.3, -0.25) is 10.1 Å². The summed E-state index contributed by atoms with van der Waals surface area (Å²) in [4.78, 5) is 15.2. The van der Waals surface area contributed by atoms with E-state index in [9.17, 15) is 15.2 Å². The van der Waals surface area contributed by atoms with Gasteiger partial charge in [0.15, 0.2) is 0 Å². The smallest absolute Gasteiger partial charge is 0.262 e. The summed E-state index contributed by atoms with van der Waals surface area (Å²) in [5.41, 5.74) is 2.40. The lowest BCUT2D eigenvalue weighted by Crippen LogP contribution is -2.02. The first-order chi connectivity index (χ1) is 12.6. The van der Waals surface area contributed by atoms with Crippen LogP contribution in [0.15, 0.2) is 66.7 Å². The maximum Gasteiger partial charge on any atom is 0.262 e. The number of fused-ring (bicyclic) bond motifs is 1. The van der Waals surface area contributed by atoms with Crippen LogP contribution in [0, 0.1) is 10.1 Å². The van der Waals surface area contributed by atoms with Gasteiger partial charge in [-0.1, -0.05) is 42.5 Å². The van der Waals surface area contributed by atoms with E-state index in [2.05, 4.69) is 4.98 Å². The van der Waals surface area contributed by atoms with E-state index >= 15 is 0 Å². The minimum absolute atomic E-state index is 0.284. The molecule has 128 valence electrons. The highest BCUT2D eigenvalue weighted by molar-refractivity contribution is 7.21. The molecule has 0 spiro atoms. The van der Waals surface area contributed by atoms with Crippen molar-refractivity contribution in [3.05, 3.63) is 88.0 Å². The molecule has 0 N–H and O–H groups in total. The number of hydrogen-bond donors (Lipinski definition) is 0. The van der Waals surface area contributed by atoms with Gasteiger partial charge in [0.25, 0.3) is 5.69 Å². The molecule has 0 radical (unpaired) electrons. The van der Waals surface area contributed by atoms with Gasteiger partial charge in [-0.05, 0) is 41.5 Å². The lowest BCUT2D eigenvalue weighted by atomic mass is 10.0. The van der Waals surface area contributed by atoms with Crippen LogP contribution in [-0.4, -0.2) is 9.91 Å². The van der Waals surface area contributed by atoms with Gasteiger partial charge < -0.3 is 5.11 Å². The van der Waals surface area contributed by atoms with Crippen molar-refractivity contribution in [1.82, 2.24) is 4.98 Å². The fourth-order valence-corrected chi connectivity index (χ4v) is 3.87. The quantitative estimate of drug-likeness (QED) is 0.395. The van der Waals surface area contributed by atoms with Gasteiger partial charge in [0, 0.05) is 11.6 Å². The van der Waals surface area contributed by atoms with Gasteiger partial charge in [-0.25, -0.2) is 4.98 Å². The third kappa shape index (κ3) is 3.02. The molecule has 1 heterocycles. The molecule has 0 unspecified atom stereocenters. The van der Waals surface area contributed by atoms with E-state index in [1.54, 1.807) is 6.07 Å². The average Bonchev–Trinajstić information content (AvgIpc) is 3.07. The number of nitro groups is 1. The summed E-state index contributed by atoms with van der Waals surface area (Å²) >= 11 is 1.37. The molecule has 0 aliphatic rings. The standard InChI is InChI=1S/C20H14N2O3S/c23-19-15(20-21-16-8-4-5-9-18(16)26-20)11-14(12-17(19)22(24)25)10-13-6-2-1-3-7-13/h1-9,11-12,23H,10H2/p-1. The second-order valence-electron chi connectivity index (χ2n) is 5.90. The Morgan fingerprint density at radius 3 is 2.42 bits per heavy atom. The number of hydrogen-bond acceptors (Lipinski definition) is 5. The van der Waals surface area contributed by atoms with Crippen LogP contribution in [0.1, 0.15) is 11.1 Å². The van der Waals surface area contributed by atoms with Gasteiger partial charge >= 0.3 is 0 Å². The van der Waals surface area contributed by atoms with E-state index in [-0.39, 0.29) is 5.56 Å². The molecule has 6 heteroatoms. The summed E-state index contributed by atoms with van der Waals surface area (Å²) in [5, 5.41) is 24.5. The molecule has 4 aromatic rings. The minimum Gasteiger partial charge on any atom is -0.867 e. The van der Waals surface area contributed by atoms with Crippen LogP contribution in [0.5, 0.6) is 5.75 Å². The minimum atomic E-state index is -0.617. The molecule has 4 rings (SSSR count). The Labute approximate surface area is 153 Å². The summed E-state index contributed by atoms with van der Waals surface area (Å²) in [6, 6.07) is 20.3. The zero-order valence-corrected chi connectivity index (χ0v) is 14.4. The average molecular weight is 361 g/mol. The Morgan fingerprint density at radius 2 is 1.69 bits per heavy atom. The van der Waals surface area contributed by atoms with Crippen molar-refractivity contribution in [1.29, 1.82) is 0 Å². The van der Waals surface area contributed by atoms with E-state index in [0.29, 0.717) is 11.4 Å². The number of aromatic nitrogens is 1. The first-order valence-corrected chi connectivity index (χ1v) is 8.81. The molecule has 0 aliphatic carbocycles. The van der Waals surface area contributed by atoms with Crippen LogP contribution in [0.2, 0.25) is 0 Å². The first kappa shape index (κ1) is 16.2. The van der Waals surface area contributed by atoms with E-state index in [0.717, 1.165) is 21.3 Å². The van der Waals surface area contributed by atoms with Crippen LogP contribution in [0.4, 0.5) is 5.69 Å². The maximum atomic E-state index is 12.6. The zero-order valence-electron chi connectivity index (χ0n) is 13.6. The van der Waals surface area contributed by atoms with Gasteiger partial charge in [-0.2, -0.15) is 0 Å². The highest BCUT2D eigenvalue weighted by atomic mass is 32.1. The number of para-hydroxylation sites is 1. The highest BCUT2D eigenvalue weighted by Crippen LogP contribution is 2.39. The zero-order chi connectivity index (χ0) is 18.1. The van der Waals surface area contributed by atoms with E-state index in [1.165, 1.54) is 17.4 Å². The van der Waals surface area contributed by atoms with Crippen molar-refractivity contribution in [2.45, 2.75) is 6.42 Å². The molecule has 0 bridgehead atoms. The van der Waals surface area contributed by atoms with Crippen molar-refractivity contribution in [2.24, 2.45) is 0 Å². The van der Waals surface area contributed by atoms with E-state index in [4.69, 9.17) is 0 Å². The van der Waals surface area contributed by atoms with Gasteiger partial charge in [0.05, 0.1) is 15.1 Å². The molecule has 0 atom stereocenters. The second-order valence-corrected chi connectivity index (χ2v) is 6.93. The Balaban J connectivity index is 1.86. The van der Waals surface area contributed by atoms with Crippen molar-refractivity contribution in [3.63, 3.8) is 0 Å². The predicted octanol–water partition coefficient (Wildman–Crippen LogP) is 4.54. The third-order valence-corrected chi connectivity index (χ3v) is 5.17. The Bertz CT molecular complexity index is 1070. The molecule has 5 nitrogen and oxygen atoms in total. The van der Waals surface area contributed by atoms with Crippen LogP contribution in [0.3, 0.4) is 0 Å². The number of thiazole rings is 1. The normalized spacial score (nSPS) is 10.9. The lowest BCUT2D eigenvalue weighted by Gasteiger charge is -2.14. The molecule has 0 amide bonds. The van der Waals surface area contributed by atoms with Gasteiger partial charge in [-0.15, -0.1) is 11.3 Å². The van der Waals surface area contributed by atoms with Crippen LogP contribution < -0.4 is 5.11 Å². The van der Waals surface area contributed by atoms with Crippen LogP contribution in [-0.2, 0) is 6.42 Å². The topological polar surface area (TPSA) is 79.1 Å². The van der Waals surface area contributed by atoms with Gasteiger partial charge in [0.1, 0.15) is 5.01 Å². The molecule has 0 fully saturated rings. The summed E-state index contributed by atoms with van der Waals surface area (Å²) in [5.74, 6) is -0.592. The van der Waals surface area contributed by atoms with Crippen molar-refractivity contribution in [2.75, 3.05) is 0 Å². The lowest BCUT2D eigenvalue weighted by molar-refractivity contribution is -0.398. The molecule has 0 aliphatic heterocycles. The highest BCUT2D eigenvalue weighted by Gasteiger charge is 2.17. The summed E-state index contributed by atoms with van der Waals surface area (Å²) < 4.78 is 0.943. The van der Waals surface area contributed by atoms with E-state index < -0.39 is 16.4 Å². The molecule has 0 saturated heterocycles. The molecule has 3 aromatic carbocycles. The fraction of sp³-hybridized carbons (Fsp3) is 0.0500. The van der Waals surface area contributed by atoms with E-state index in [1.807, 2.05) is 54.6 Å². The third-order valence-electron chi connectivity index (χ3n) is 4.10. The summed E-state index contributed by atoms with van der Waals surface area (Å²) in [7, 11) is 0. The van der Waals surface area contributed by atoms with Crippen molar-refractivity contribution in [3.8, 4) is 16.3 Å². The maximum absolute atomic E-state index is 12.6. The van der Waals surface area contributed by atoms with Crippen molar-refractivity contribution >= 4 is 27.2 Å². The number of nitrogens with zero attached hydrogens (tertiary/aromatic N) is 2. The summed E-state index contributed by atoms with van der Waals surface area (Å²) in [6.07, 6.45) is 0.514. The fourth-order valence-electron chi connectivity index (χ4n) is 2.89. The summed E-state index contributed by atoms with van der Waals surface area (Å²) in [6.45, 7) is 0. The predicted molar refractivity (Wildman–Crippen MR) is 100 cm³/mol. The Hall–Kier alpha value is -3.25. The SMILES string of the molecule is O=[N+]([O-])c1cc(Cc2ccccc2)cc(-c2nc3ccccc3s2)c1[O-]. The van der Waals surface area contributed by atoms with Crippen LogP contribution in [0.25, 0.3) is 20.8 Å². The second kappa shape index (κ2) is 6.57. The molecular formula is C20H13N2O3S-. The number of rotatable bonds is 4. The Morgan fingerprint density at radius 1 is 0.962 bits per heavy atom.